The van der Waals surface area contributed by atoms with Gasteiger partial charge >= 0.3 is 0 Å². The lowest BCUT2D eigenvalue weighted by Crippen LogP contribution is -2.20. The minimum atomic E-state index is -0.241. The summed E-state index contributed by atoms with van der Waals surface area (Å²) in [5, 5.41) is 12.3. The maximum Gasteiger partial charge on any atom is 0.244 e. The van der Waals surface area contributed by atoms with E-state index >= 15 is 0 Å². The van der Waals surface area contributed by atoms with Gasteiger partial charge in [-0.3, -0.25) is 4.79 Å². The molecule has 5 nitrogen and oxygen atoms in total. The molecule has 0 bridgehead atoms. The van der Waals surface area contributed by atoms with Gasteiger partial charge in [0.1, 0.15) is 18.4 Å². The molecule has 6 heteroatoms. The number of hydrogen-bond donors (Lipinski definition) is 1. The molecule has 3 aromatic rings. The monoisotopic (exact) mass is 324 g/mol. The standard InChI is InChI=1S/C17H13ClN4O/c1-11-20-14-4-2-3-5-16(14)22(11)10-17(23)21-15-8-13(18)7-6-12(15)9-19/h2-8H,10H2,1H3,(H,21,23). The normalized spacial score (nSPS) is 10.5. The number of nitrogens with one attached hydrogen (secondary N) is 1. The number of benzene rings is 2. The SMILES string of the molecule is Cc1nc2ccccc2n1CC(=O)Nc1cc(Cl)ccc1C#N. The van der Waals surface area contributed by atoms with Gasteiger partial charge in [-0.25, -0.2) is 4.98 Å². The van der Waals surface area contributed by atoms with E-state index in [2.05, 4.69) is 10.3 Å². The number of imidazole rings is 1. The highest BCUT2D eigenvalue weighted by molar-refractivity contribution is 6.31. The van der Waals surface area contributed by atoms with E-state index in [0.717, 1.165) is 16.9 Å². The van der Waals surface area contributed by atoms with E-state index in [9.17, 15) is 4.79 Å². The van der Waals surface area contributed by atoms with E-state index in [1.54, 1.807) is 18.2 Å². The number of anilines is 1. The molecule has 0 aliphatic carbocycles. The highest BCUT2D eigenvalue weighted by Crippen LogP contribution is 2.21. The summed E-state index contributed by atoms with van der Waals surface area (Å²) in [4.78, 5) is 16.8. The third-order valence-corrected chi connectivity index (χ3v) is 3.76. The second-order valence-electron chi connectivity index (χ2n) is 5.08. The van der Waals surface area contributed by atoms with E-state index in [4.69, 9.17) is 16.9 Å². The molecule has 0 fully saturated rings. The van der Waals surface area contributed by atoms with Crippen molar-refractivity contribution in [1.82, 2.24) is 9.55 Å². The van der Waals surface area contributed by atoms with Crippen LogP contribution >= 0.6 is 11.6 Å². The third kappa shape index (κ3) is 3.03. The molecule has 1 N–H and O–H groups in total. The number of carbonyl (C=O) groups excluding carboxylic acids is 1. The predicted molar refractivity (Wildman–Crippen MR) is 89.3 cm³/mol. The molecule has 1 aromatic heterocycles. The van der Waals surface area contributed by atoms with Crippen LogP contribution in [0.3, 0.4) is 0 Å². The molecular weight excluding hydrogens is 312 g/mol. The summed E-state index contributed by atoms with van der Waals surface area (Å²) < 4.78 is 1.83. The minimum Gasteiger partial charge on any atom is -0.323 e. The van der Waals surface area contributed by atoms with Crippen molar-refractivity contribution in [3.05, 3.63) is 58.9 Å². The van der Waals surface area contributed by atoms with E-state index < -0.39 is 0 Å². The zero-order valence-corrected chi connectivity index (χ0v) is 13.1. The predicted octanol–water partition coefficient (Wildman–Crippen LogP) is 3.51. The lowest BCUT2D eigenvalue weighted by Gasteiger charge is -2.10. The molecule has 2 aromatic carbocycles. The molecule has 0 saturated carbocycles. The van der Waals surface area contributed by atoms with Gasteiger partial charge in [-0.05, 0) is 37.3 Å². The summed E-state index contributed by atoms with van der Waals surface area (Å²) in [5.74, 6) is 0.517. The smallest absolute Gasteiger partial charge is 0.244 e. The Bertz CT molecular complexity index is 939. The average Bonchev–Trinajstić information content (AvgIpc) is 2.83. The first-order chi connectivity index (χ1) is 11.1. The van der Waals surface area contributed by atoms with Crippen LogP contribution in [0.25, 0.3) is 11.0 Å². The molecule has 0 saturated heterocycles. The van der Waals surface area contributed by atoms with Crippen molar-refractivity contribution in [2.24, 2.45) is 0 Å². The molecule has 0 aliphatic heterocycles. The number of halogens is 1. The van der Waals surface area contributed by atoms with Crippen LogP contribution in [0.5, 0.6) is 0 Å². The Morgan fingerprint density at radius 3 is 2.91 bits per heavy atom. The van der Waals surface area contributed by atoms with Crippen LogP contribution in [0.15, 0.2) is 42.5 Å². The highest BCUT2D eigenvalue weighted by Gasteiger charge is 2.12. The molecule has 0 radical (unpaired) electrons. The number of rotatable bonds is 3. The van der Waals surface area contributed by atoms with Crippen molar-refractivity contribution in [2.75, 3.05) is 5.32 Å². The number of hydrogen-bond acceptors (Lipinski definition) is 3. The number of fused-ring (bicyclic) bond motifs is 1. The van der Waals surface area contributed by atoms with Gasteiger partial charge in [0.05, 0.1) is 22.3 Å². The number of nitriles is 1. The first-order valence-corrected chi connectivity index (χ1v) is 7.37. The molecule has 23 heavy (non-hydrogen) atoms. The highest BCUT2D eigenvalue weighted by atomic mass is 35.5. The molecule has 0 spiro atoms. The summed E-state index contributed by atoms with van der Waals surface area (Å²) in [5.41, 5.74) is 2.52. The Labute approximate surface area is 138 Å². The van der Waals surface area contributed by atoms with Gasteiger partial charge in [-0.2, -0.15) is 5.26 Å². The zero-order valence-electron chi connectivity index (χ0n) is 12.4. The number of amides is 1. The van der Waals surface area contributed by atoms with E-state index in [1.807, 2.05) is 41.8 Å². The molecule has 0 atom stereocenters. The van der Waals surface area contributed by atoms with E-state index in [1.165, 1.54) is 0 Å². The minimum absolute atomic E-state index is 0.115. The van der Waals surface area contributed by atoms with Crippen LogP contribution < -0.4 is 5.32 Å². The van der Waals surface area contributed by atoms with Crippen LogP contribution in [-0.2, 0) is 11.3 Å². The number of aryl methyl sites for hydroxylation is 1. The molecule has 0 aliphatic rings. The third-order valence-electron chi connectivity index (χ3n) is 3.52. The van der Waals surface area contributed by atoms with Crippen LogP contribution in [0.4, 0.5) is 5.69 Å². The quantitative estimate of drug-likeness (QED) is 0.801. The van der Waals surface area contributed by atoms with Crippen LogP contribution in [0, 0.1) is 18.3 Å². The molecule has 1 heterocycles. The van der Waals surface area contributed by atoms with Gasteiger partial charge in [-0.1, -0.05) is 23.7 Å². The lowest BCUT2D eigenvalue weighted by atomic mass is 10.2. The number of aromatic nitrogens is 2. The van der Waals surface area contributed by atoms with Gasteiger partial charge < -0.3 is 9.88 Å². The van der Waals surface area contributed by atoms with E-state index in [-0.39, 0.29) is 12.5 Å². The first kappa shape index (κ1) is 15.1. The van der Waals surface area contributed by atoms with Crippen LogP contribution in [0.1, 0.15) is 11.4 Å². The summed E-state index contributed by atoms with van der Waals surface area (Å²) >= 11 is 5.93. The number of nitrogens with zero attached hydrogens (tertiary/aromatic N) is 3. The summed E-state index contributed by atoms with van der Waals surface area (Å²) in [7, 11) is 0. The molecule has 0 unspecified atom stereocenters. The topological polar surface area (TPSA) is 70.7 Å². The maximum absolute atomic E-state index is 12.3. The van der Waals surface area contributed by atoms with Crippen molar-refractivity contribution < 1.29 is 4.79 Å². The average molecular weight is 325 g/mol. The van der Waals surface area contributed by atoms with Gasteiger partial charge in [0, 0.05) is 5.02 Å². The second kappa shape index (κ2) is 6.11. The fourth-order valence-electron chi connectivity index (χ4n) is 2.45. The molecular formula is C17H13ClN4O. The Hall–Kier alpha value is -2.84. The fraction of sp³-hybridized carbons (Fsp3) is 0.118. The largest absolute Gasteiger partial charge is 0.323 e. The van der Waals surface area contributed by atoms with Gasteiger partial charge in [0.2, 0.25) is 5.91 Å². The van der Waals surface area contributed by atoms with Crippen molar-refractivity contribution in [2.45, 2.75) is 13.5 Å². The summed E-state index contributed by atoms with van der Waals surface area (Å²) in [6, 6.07) is 14.4. The van der Waals surface area contributed by atoms with Gasteiger partial charge in [-0.15, -0.1) is 0 Å². The van der Waals surface area contributed by atoms with Crippen molar-refractivity contribution in [3.8, 4) is 6.07 Å². The Morgan fingerprint density at radius 2 is 2.13 bits per heavy atom. The summed E-state index contributed by atoms with van der Waals surface area (Å²) in [6.07, 6.45) is 0. The lowest BCUT2D eigenvalue weighted by molar-refractivity contribution is -0.116. The second-order valence-corrected chi connectivity index (χ2v) is 5.52. The fourth-order valence-corrected chi connectivity index (χ4v) is 2.62. The Morgan fingerprint density at radius 1 is 1.35 bits per heavy atom. The first-order valence-electron chi connectivity index (χ1n) is 7.00. The van der Waals surface area contributed by atoms with Gasteiger partial charge in [0.15, 0.2) is 0 Å². The molecule has 3 rings (SSSR count). The Kier molecular flexibility index (Phi) is 4.00. The maximum atomic E-state index is 12.3. The van der Waals surface area contributed by atoms with E-state index in [0.29, 0.717) is 16.3 Å². The number of carbonyl (C=O) groups is 1. The van der Waals surface area contributed by atoms with Crippen LogP contribution in [0.2, 0.25) is 5.02 Å². The van der Waals surface area contributed by atoms with Crippen molar-refractivity contribution >= 4 is 34.2 Å². The summed E-state index contributed by atoms with van der Waals surface area (Å²) in [6.45, 7) is 1.97. The number of para-hydroxylation sites is 2. The van der Waals surface area contributed by atoms with Gasteiger partial charge in [0.25, 0.3) is 0 Å². The van der Waals surface area contributed by atoms with Crippen molar-refractivity contribution in [1.29, 1.82) is 5.26 Å². The molecule has 1 amide bonds. The van der Waals surface area contributed by atoms with Crippen LogP contribution in [-0.4, -0.2) is 15.5 Å². The Balaban J connectivity index is 1.86. The zero-order chi connectivity index (χ0) is 16.4. The molecule has 114 valence electrons. The van der Waals surface area contributed by atoms with Crippen molar-refractivity contribution in [3.63, 3.8) is 0 Å².